The van der Waals surface area contributed by atoms with Crippen LogP contribution in [0.4, 0.5) is 5.69 Å². The minimum Gasteiger partial charge on any atom is -0.497 e. The highest BCUT2D eigenvalue weighted by Gasteiger charge is 2.42. The highest BCUT2D eigenvalue weighted by atomic mass is 79.9. The summed E-state index contributed by atoms with van der Waals surface area (Å²) < 4.78 is 8.73. The second kappa shape index (κ2) is 9.24. The third kappa shape index (κ3) is 3.99. The predicted molar refractivity (Wildman–Crippen MR) is 144 cm³/mol. The molecule has 3 heterocycles. The van der Waals surface area contributed by atoms with Gasteiger partial charge in [0.2, 0.25) is 0 Å². The summed E-state index contributed by atoms with van der Waals surface area (Å²) in [6, 6.07) is 24.6. The molecule has 2 atom stereocenters. The highest BCUT2D eigenvalue weighted by Crippen LogP contribution is 2.43. The van der Waals surface area contributed by atoms with Crippen LogP contribution in [0, 0.1) is 13.8 Å². The molecule has 0 saturated carbocycles. The summed E-state index contributed by atoms with van der Waals surface area (Å²) in [5.41, 5.74) is 6.49. The van der Waals surface area contributed by atoms with Crippen molar-refractivity contribution in [2.24, 2.45) is 0 Å². The zero-order valence-electron chi connectivity index (χ0n) is 19.2. The largest absolute Gasteiger partial charge is 0.497 e. The van der Waals surface area contributed by atoms with E-state index in [1.165, 1.54) is 0 Å². The summed E-state index contributed by atoms with van der Waals surface area (Å²) in [5, 5.41) is 4.24. The van der Waals surface area contributed by atoms with Gasteiger partial charge in [0.15, 0.2) is 5.11 Å². The maximum atomic E-state index is 5.90. The van der Waals surface area contributed by atoms with Gasteiger partial charge in [0.25, 0.3) is 0 Å². The van der Waals surface area contributed by atoms with Gasteiger partial charge in [-0.15, -0.1) is 0 Å². The van der Waals surface area contributed by atoms with E-state index < -0.39 is 0 Å². The Balaban J connectivity index is 1.69. The van der Waals surface area contributed by atoms with Crippen molar-refractivity contribution in [2.75, 3.05) is 12.0 Å². The Hall–Kier alpha value is -3.16. The van der Waals surface area contributed by atoms with Gasteiger partial charge in [-0.1, -0.05) is 22.0 Å². The van der Waals surface area contributed by atoms with Crippen LogP contribution in [0.3, 0.4) is 0 Å². The van der Waals surface area contributed by atoms with Crippen LogP contribution in [0.25, 0.3) is 5.69 Å². The monoisotopic (exact) mass is 532 g/mol. The Bertz CT molecular complexity index is 1340. The lowest BCUT2D eigenvalue weighted by Gasteiger charge is -2.29. The standard InChI is InChI=1S/C27H25BrN4OS/c1-17-16-20(10-13-22(17)28)32-26(25(30-27(32)34)23-6-4-5-15-29-23)24-14-7-18(2)31(24)19-8-11-21(33-3)12-9-19/h4-16,25-26H,1-3H3,(H,30,34)/t25-,26+/m0/s1. The minimum absolute atomic E-state index is 0.0984. The average Bonchev–Trinajstić information content (AvgIpc) is 3.40. The molecule has 2 aromatic carbocycles. The highest BCUT2D eigenvalue weighted by molar-refractivity contribution is 9.10. The number of rotatable bonds is 5. The summed E-state index contributed by atoms with van der Waals surface area (Å²) >= 11 is 9.53. The zero-order chi connectivity index (χ0) is 23.8. The Morgan fingerprint density at radius 3 is 2.41 bits per heavy atom. The van der Waals surface area contributed by atoms with Crippen LogP contribution < -0.4 is 15.0 Å². The Morgan fingerprint density at radius 2 is 1.74 bits per heavy atom. The van der Waals surface area contributed by atoms with Crippen molar-refractivity contribution in [3.63, 3.8) is 0 Å². The average molecular weight is 533 g/mol. The number of benzene rings is 2. The number of aryl methyl sites for hydroxylation is 2. The van der Waals surface area contributed by atoms with E-state index in [1.54, 1.807) is 7.11 Å². The van der Waals surface area contributed by atoms with Gasteiger partial charge >= 0.3 is 0 Å². The van der Waals surface area contributed by atoms with Gasteiger partial charge in [-0.2, -0.15) is 0 Å². The first kappa shape index (κ1) is 22.6. The maximum Gasteiger partial charge on any atom is 0.174 e. The van der Waals surface area contributed by atoms with Crippen molar-refractivity contribution in [3.8, 4) is 11.4 Å². The van der Waals surface area contributed by atoms with Crippen molar-refractivity contribution in [1.82, 2.24) is 14.9 Å². The van der Waals surface area contributed by atoms with Crippen molar-refractivity contribution in [2.45, 2.75) is 25.9 Å². The molecule has 2 aromatic heterocycles. The number of halogens is 1. The van der Waals surface area contributed by atoms with Gasteiger partial charge < -0.3 is 19.5 Å². The van der Waals surface area contributed by atoms with Gasteiger partial charge in [-0.3, -0.25) is 4.98 Å². The molecule has 5 nitrogen and oxygen atoms in total. The Labute approximate surface area is 213 Å². The molecule has 0 spiro atoms. The molecule has 0 amide bonds. The van der Waals surface area contributed by atoms with Crippen molar-refractivity contribution in [3.05, 3.63) is 106 Å². The van der Waals surface area contributed by atoms with Crippen LogP contribution in [0.15, 0.2) is 83.5 Å². The predicted octanol–water partition coefficient (Wildman–Crippen LogP) is 6.44. The van der Waals surface area contributed by atoms with E-state index >= 15 is 0 Å². The molecule has 7 heteroatoms. The van der Waals surface area contributed by atoms with E-state index in [0.717, 1.165) is 44.2 Å². The molecule has 0 radical (unpaired) electrons. The first-order chi connectivity index (χ1) is 16.5. The molecule has 1 aliphatic heterocycles. The van der Waals surface area contributed by atoms with Gasteiger partial charge in [0.1, 0.15) is 11.8 Å². The third-order valence-corrected chi connectivity index (χ3v) is 7.46. The van der Waals surface area contributed by atoms with Crippen molar-refractivity contribution in [1.29, 1.82) is 0 Å². The molecule has 1 fully saturated rings. The first-order valence-electron chi connectivity index (χ1n) is 11.1. The normalized spacial score (nSPS) is 17.6. The van der Waals surface area contributed by atoms with Gasteiger partial charge in [0.05, 0.1) is 18.8 Å². The summed E-state index contributed by atoms with van der Waals surface area (Å²) in [4.78, 5) is 6.89. The summed E-state index contributed by atoms with van der Waals surface area (Å²) in [6.45, 7) is 4.22. The molecule has 34 heavy (non-hydrogen) atoms. The quantitative estimate of drug-likeness (QED) is 0.299. The SMILES string of the molecule is COc1ccc(-n2c(C)ccc2[C@@H]2[C@H](c3ccccn3)NC(=S)N2c2ccc(Br)c(C)c2)cc1. The van der Waals surface area contributed by atoms with Crippen LogP contribution >= 0.6 is 28.1 Å². The third-order valence-electron chi connectivity index (χ3n) is 6.26. The van der Waals surface area contributed by atoms with E-state index in [1.807, 2.05) is 30.5 Å². The molecular formula is C27H25BrN4OS. The maximum absolute atomic E-state index is 5.90. The minimum atomic E-state index is -0.107. The Morgan fingerprint density at radius 1 is 0.971 bits per heavy atom. The number of nitrogens with one attached hydrogen (secondary N) is 1. The Kier molecular flexibility index (Phi) is 6.15. The van der Waals surface area contributed by atoms with Crippen LogP contribution in [-0.2, 0) is 0 Å². The van der Waals surface area contributed by atoms with Crippen molar-refractivity contribution >= 4 is 38.9 Å². The molecule has 0 bridgehead atoms. The molecule has 0 unspecified atom stereocenters. The topological polar surface area (TPSA) is 42.3 Å². The van der Waals surface area contributed by atoms with Gasteiger partial charge in [-0.25, -0.2) is 0 Å². The molecule has 172 valence electrons. The second-order valence-electron chi connectivity index (χ2n) is 8.36. The molecule has 4 aromatic rings. The lowest BCUT2D eigenvalue weighted by atomic mass is 10.0. The number of nitrogens with zero attached hydrogens (tertiary/aromatic N) is 3. The lowest BCUT2D eigenvalue weighted by molar-refractivity contribution is 0.414. The van der Waals surface area contributed by atoms with Crippen LogP contribution in [0.1, 0.15) is 34.7 Å². The van der Waals surface area contributed by atoms with Crippen molar-refractivity contribution < 1.29 is 4.74 Å². The molecule has 1 saturated heterocycles. The van der Waals surface area contributed by atoms with E-state index in [-0.39, 0.29) is 12.1 Å². The summed E-state index contributed by atoms with van der Waals surface area (Å²) in [5.74, 6) is 0.831. The number of thiocarbonyl (C=S) groups is 1. The number of anilines is 1. The fourth-order valence-electron chi connectivity index (χ4n) is 4.59. The van der Waals surface area contributed by atoms with Crippen LogP contribution in [-0.4, -0.2) is 21.8 Å². The first-order valence-corrected chi connectivity index (χ1v) is 12.3. The van der Waals surface area contributed by atoms with E-state index in [9.17, 15) is 0 Å². The van der Waals surface area contributed by atoms with E-state index in [0.29, 0.717) is 5.11 Å². The zero-order valence-corrected chi connectivity index (χ0v) is 21.6. The summed E-state index contributed by atoms with van der Waals surface area (Å²) in [7, 11) is 1.68. The van der Waals surface area contributed by atoms with Gasteiger partial charge in [0, 0.05) is 33.4 Å². The number of methoxy groups -OCH3 is 1. The van der Waals surface area contributed by atoms with E-state index in [2.05, 4.69) is 98.1 Å². The number of aromatic nitrogens is 2. The van der Waals surface area contributed by atoms with E-state index in [4.69, 9.17) is 17.0 Å². The molecule has 1 N–H and O–H groups in total. The number of ether oxygens (including phenoxy) is 1. The number of pyridine rings is 1. The fourth-order valence-corrected chi connectivity index (χ4v) is 5.18. The number of hydrogen-bond acceptors (Lipinski definition) is 3. The number of hydrogen-bond donors (Lipinski definition) is 1. The molecule has 5 rings (SSSR count). The molecule has 0 aliphatic carbocycles. The van der Waals surface area contributed by atoms with Gasteiger partial charge in [-0.05, 0) is 98.4 Å². The van der Waals surface area contributed by atoms with Crippen LogP contribution in [0.2, 0.25) is 0 Å². The summed E-state index contributed by atoms with van der Waals surface area (Å²) in [6.07, 6.45) is 1.83. The van der Waals surface area contributed by atoms with Crippen LogP contribution in [0.5, 0.6) is 5.75 Å². The molecule has 1 aliphatic rings. The molecular weight excluding hydrogens is 508 g/mol. The smallest absolute Gasteiger partial charge is 0.174 e. The second-order valence-corrected chi connectivity index (χ2v) is 9.60. The fraction of sp³-hybridized carbons (Fsp3) is 0.185. The lowest BCUT2D eigenvalue weighted by Crippen LogP contribution is -2.30.